The van der Waals surface area contributed by atoms with E-state index in [4.69, 9.17) is 23.2 Å². The average molecular weight is 362 g/mol. The summed E-state index contributed by atoms with van der Waals surface area (Å²) < 4.78 is 13.4. The summed E-state index contributed by atoms with van der Waals surface area (Å²) in [4.78, 5) is -0.114. The monoisotopic (exact) mass is 360 g/mol. The first-order valence-electron chi connectivity index (χ1n) is 5.75. The van der Waals surface area contributed by atoms with Gasteiger partial charge in [0.2, 0.25) is 0 Å². The Kier molecular flexibility index (Phi) is 4.54. The van der Waals surface area contributed by atoms with E-state index in [-0.39, 0.29) is 10.6 Å². The molecule has 0 aliphatic heterocycles. The molecule has 1 atom stereocenters. The van der Waals surface area contributed by atoms with E-state index < -0.39 is 0 Å². The van der Waals surface area contributed by atoms with Gasteiger partial charge in [-0.3, -0.25) is 0 Å². The van der Waals surface area contributed by atoms with E-state index in [0.717, 1.165) is 16.7 Å². The van der Waals surface area contributed by atoms with Crippen LogP contribution < -0.4 is 0 Å². The lowest BCUT2D eigenvalue weighted by Gasteiger charge is -2.15. The number of hydrogen-bond acceptors (Lipinski definition) is 0. The van der Waals surface area contributed by atoms with Gasteiger partial charge in [0.1, 0.15) is 5.82 Å². The summed E-state index contributed by atoms with van der Waals surface area (Å²) >= 11 is 15.8. The predicted octanol–water partition coefficient (Wildman–Crippen LogP) is 6.23. The van der Waals surface area contributed by atoms with Gasteiger partial charge in [0.05, 0.1) is 4.83 Å². The molecule has 0 aliphatic carbocycles. The fraction of sp³-hybridized carbons (Fsp3) is 0.200. The summed E-state index contributed by atoms with van der Waals surface area (Å²) in [6.45, 7) is 3.70. The highest BCUT2D eigenvalue weighted by Crippen LogP contribution is 2.37. The second kappa shape index (κ2) is 5.82. The number of halogens is 4. The van der Waals surface area contributed by atoms with Crippen LogP contribution in [0.5, 0.6) is 0 Å². The van der Waals surface area contributed by atoms with Gasteiger partial charge < -0.3 is 0 Å². The third-order valence-corrected chi connectivity index (χ3v) is 4.48. The molecule has 0 aliphatic rings. The molecule has 0 N–H and O–H groups in total. The Balaban J connectivity index is 2.49. The topological polar surface area (TPSA) is 0 Å². The second-order valence-corrected chi connectivity index (χ2v) is 6.31. The van der Waals surface area contributed by atoms with Crippen molar-refractivity contribution in [1.82, 2.24) is 0 Å². The highest BCUT2D eigenvalue weighted by Gasteiger charge is 2.16. The van der Waals surface area contributed by atoms with Gasteiger partial charge in [0, 0.05) is 10.0 Å². The van der Waals surface area contributed by atoms with Gasteiger partial charge in [-0.15, -0.1) is 0 Å². The maximum Gasteiger partial charge on any atom is 0.127 e. The SMILES string of the molecule is Cc1cc(Cl)cc(C(Br)c2cc(C)c(F)cc2Cl)c1. The van der Waals surface area contributed by atoms with Crippen LogP contribution in [0.2, 0.25) is 10.0 Å². The van der Waals surface area contributed by atoms with E-state index >= 15 is 0 Å². The van der Waals surface area contributed by atoms with Crippen molar-refractivity contribution in [3.05, 3.63) is 68.4 Å². The molecule has 19 heavy (non-hydrogen) atoms. The smallest absolute Gasteiger partial charge is 0.127 e. The fourth-order valence-electron chi connectivity index (χ4n) is 1.96. The van der Waals surface area contributed by atoms with Crippen LogP contribution in [0, 0.1) is 19.7 Å². The average Bonchev–Trinajstić information content (AvgIpc) is 2.31. The molecule has 2 rings (SSSR count). The number of rotatable bonds is 2. The molecule has 0 saturated carbocycles. The van der Waals surface area contributed by atoms with Gasteiger partial charge in [0.15, 0.2) is 0 Å². The van der Waals surface area contributed by atoms with Crippen molar-refractivity contribution in [2.45, 2.75) is 18.7 Å². The Morgan fingerprint density at radius 2 is 1.74 bits per heavy atom. The number of aryl methyl sites for hydroxylation is 2. The lowest BCUT2D eigenvalue weighted by atomic mass is 10.0. The maximum atomic E-state index is 13.4. The second-order valence-electron chi connectivity index (χ2n) is 4.55. The van der Waals surface area contributed by atoms with Crippen LogP contribution in [0.15, 0.2) is 30.3 Å². The molecule has 0 saturated heterocycles. The van der Waals surface area contributed by atoms with Crippen LogP contribution in [-0.2, 0) is 0 Å². The third kappa shape index (κ3) is 3.31. The fourth-order valence-corrected chi connectivity index (χ4v) is 3.30. The molecule has 2 aromatic rings. The number of alkyl halides is 1. The summed E-state index contributed by atoms with van der Waals surface area (Å²) in [5.41, 5.74) is 3.48. The van der Waals surface area contributed by atoms with Crippen molar-refractivity contribution in [2.24, 2.45) is 0 Å². The standard InChI is InChI=1S/C15H12BrCl2F/c1-8-3-10(6-11(17)4-8)15(16)12-5-9(2)14(19)7-13(12)18/h3-7,15H,1-2H3. The Hall–Kier alpha value is -0.570. The van der Waals surface area contributed by atoms with Crippen LogP contribution in [0.3, 0.4) is 0 Å². The van der Waals surface area contributed by atoms with Crippen LogP contribution >= 0.6 is 39.1 Å². The van der Waals surface area contributed by atoms with Crippen molar-refractivity contribution >= 4 is 39.1 Å². The third-order valence-electron chi connectivity index (χ3n) is 2.91. The largest absolute Gasteiger partial charge is 0.207 e. The summed E-state index contributed by atoms with van der Waals surface area (Å²) in [5.74, 6) is -0.296. The van der Waals surface area contributed by atoms with E-state index in [9.17, 15) is 4.39 Å². The van der Waals surface area contributed by atoms with Gasteiger partial charge in [-0.2, -0.15) is 0 Å². The minimum atomic E-state index is -0.296. The highest BCUT2D eigenvalue weighted by atomic mass is 79.9. The maximum absolute atomic E-state index is 13.4. The molecular formula is C15H12BrCl2F. The van der Waals surface area contributed by atoms with Crippen molar-refractivity contribution in [3.63, 3.8) is 0 Å². The molecule has 0 nitrogen and oxygen atoms in total. The first kappa shape index (κ1) is 14.8. The van der Waals surface area contributed by atoms with Gasteiger partial charge in [-0.05, 0) is 54.3 Å². The van der Waals surface area contributed by atoms with Crippen molar-refractivity contribution in [2.75, 3.05) is 0 Å². The van der Waals surface area contributed by atoms with Crippen LogP contribution in [0.25, 0.3) is 0 Å². The van der Waals surface area contributed by atoms with Crippen LogP contribution in [0.4, 0.5) is 4.39 Å². The van der Waals surface area contributed by atoms with Crippen molar-refractivity contribution < 1.29 is 4.39 Å². The molecule has 0 radical (unpaired) electrons. The first-order chi connectivity index (χ1) is 8.88. The Bertz CT molecular complexity index is 606. The molecule has 0 amide bonds. The van der Waals surface area contributed by atoms with Crippen molar-refractivity contribution in [3.8, 4) is 0 Å². The van der Waals surface area contributed by atoms with Crippen LogP contribution in [0.1, 0.15) is 27.1 Å². The molecular weight excluding hydrogens is 350 g/mol. The lowest BCUT2D eigenvalue weighted by Crippen LogP contribution is -1.97. The highest BCUT2D eigenvalue weighted by molar-refractivity contribution is 9.09. The molecule has 0 spiro atoms. The first-order valence-corrected chi connectivity index (χ1v) is 7.42. The molecule has 0 bridgehead atoms. The van der Waals surface area contributed by atoms with E-state index in [2.05, 4.69) is 15.9 Å². The molecule has 2 aromatic carbocycles. The number of hydrogen-bond donors (Lipinski definition) is 0. The van der Waals surface area contributed by atoms with E-state index in [1.165, 1.54) is 6.07 Å². The molecule has 4 heteroatoms. The summed E-state index contributed by atoms with van der Waals surface area (Å²) in [6.07, 6.45) is 0. The minimum Gasteiger partial charge on any atom is -0.207 e. The Morgan fingerprint density at radius 3 is 2.37 bits per heavy atom. The Labute approximate surface area is 130 Å². The van der Waals surface area contributed by atoms with E-state index in [0.29, 0.717) is 15.6 Å². The van der Waals surface area contributed by atoms with Gasteiger partial charge in [0.25, 0.3) is 0 Å². The zero-order chi connectivity index (χ0) is 14.2. The molecule has 0 heterocycles. The summed E-state index contributed by atoms with van der Waals surface area (Å²) in [5, 5.41) is 1.08. The summed E-state index contributed by atoms with van der Waals surface area (Å²) in [7, 11) is 0. The minimum absolute atomic E-state index is 0.114. The van der Waals surface area contributed by atoms with Gasteiger partial charge in [-0.1, -0.05) is 51.3 Å². The quantitative estimate of drug-likeness (QED) is 0.556. The zero-order valence-corrected chi connectivity index (χ0v) is 13.6. The van der Waals surface area contributed by atoms with E-state index in [1.807, 2.05) is 25.1 Å². The van der Waals surface area contributed by atoms with Crippen LogP contribution in [-0.4, -0.2) is 0 Å². The number of benzene rings is 2. The van der Waals surface area contributed by atoms with Gasteiger partial charge >= 0.3 is 0 Å². The van der Waals surface area contributed by atoms with Crippen molar-refractivity contribution in [1.29, 1.82) is 0 Å². The lowest BCUT2D eigenvalue weighted by molar-refractivity contribution is 0.618. The molecule has 0 aromatic heterocycles. The molecule has 1 unspecified atom stereocenters. The molecule has 0 fully saturated rings. The normalized spacial score (nSPS) is 12.5. The molecule has 100 valence electrons. The summed E-state index contributed by atoms with van der Waals surface area (Å²) in [6, 6.07) is 8.90. The zero-order valence-electron chi connectivity index (χ0n) is 10.5. The van der Waals surface area contributed by atoms with E-state index in [1.54, 1.807) is 13.0 Å². The van der Waals surface area contributed by atoms with Gasteiger partial charge in [-0.25, -0.2) is 4.39 Å². The predicted molar refractivity (Wildman–Crippen MR) is 83.1 cm³/mol. The Morgan fingerprint density at radius 1 is 1.05 bits per heavy atom.